The van der Waals surface area contributed by atoms with Gasteiger partial charge in [-0.1, -0.05) is 0 Å². The van der Waals surface area contributed by atoms with Gasteiger partial charge in [0.1, 0.15) is 33.0 Å². The third kappa shape index (κ3) is 53.0. The van der Waals surface area contributed by atoms with Crippen molar-refractivity contribution in [1.29, 1.82) is 0 Å². The van der Waals surface area contributed by atoms with Crippen molar-refractivity contribution >= 4 is 33.0 Å². The summed E-state index contributed by atoms with van der Waals surface area (Å²) in [5, 5.41) is 7.57. The zero-order valence-corrected chi connectivity index (χ0v) is 14.3. The largest absolute Gasteiger partial charge is 4.00 e. The summed E-state index contributed by atoms with van der Waals surface area (Å²) in [7, 11) is -14.1. The van der Waals surface area contributed by atoms with Crippen LogP contribution >= 0.6 is 33.0 Å². The summed E-state index contributed by atoms with van der Waals surface area (Å²) in [5.41, 5.74) is 0. The van der Waals surface area contributed by atoms with E-state index in [-0.39, 0.29) is 28.3 Å². The Bertz CT molecular complexity index is 218. The maximum atomic E-state index is 9.29. The first-order valence-electron chi connectivity index (χ1n) is 3.47. The Morgan fingerprint density at radius 2 is 0.944 bits per heavy atom. The first-order chi connectivity index (χ1) is 7.67. The van der Waals surface area contributed by atoms with Crippen molar-refractivity contribution in [3.05, 3.63) is 0 Å². The van der Waals surface area contributed by atoms with E-state index in [2.05, 4.69) is 8.62 Å². The molecule has 4 atom stereocenters. The quantitative estimate of drug-likeness (QED) is 0.384. The van der Waals surface area contributed by atoms with Gasteiger partial charge in [0.15, 0.2) is 0 Å². The first-order valence-corrected chi connectivity index (χ1v) is 8.37. The Hall–Kier alpha value is 1.35. The second kappa shape index (κ2) is 20.7. The molecule has 0 saturated carbocycles. The Labute approximate surface area is 120 Å². The third-order valence-electron chi connectivity index (χ3n) is 0.333. The second-order valence-electron chi connectivity index (χ2n) is 1.52. The fraction of sp³-hybridized carbons (Fsp3) is 1.00. The van der Waals surface area contributed by atoms with Crippen molar-refractivity contribution in [3.8, 4) is 0 Å². The predicted octanol–water partition coefficient (Wildman–Crippen LogP) is -3.00. The zero-order chi connectivity index (χ0) is 14.4. The molecule has 11 nitrogen and oxygen atoms in total. The number of hydrogen-bond acceptors (Lipinski definition) is 11. The number of aliphatic hydroxyl groups excluding tert-OH is 1. The number of aliphatic hydroxyl groups is 1. The fourth-order valence-electron chi connectivity index (χ4n) is 0.136. The van der Waals surface area contributed by atoms with Gasteiger partial charge in [-0.2, -0.15) is 0 Å². The molecule has 16 heteroatoms. The van der Waals surface area contributed by atoms with Crippen LogP contribution in [0.4, 0.5) is 0 Å². The molecule has 0 aliphatic rings. The first kappa shape index (κ1) is 27.7. The van der Waals surface area contributed by atoms with Gasteiger partial charge in [0.05, 0.1) is 0 Å². The van der Waals surface area contributed by atoms with Crippen LogP contribution in [0.25, 0.3) is 0 Å². The van der Waals surface area contributed by atoms with Gasteiger partial charge in [-0.3, -0.25) is 8.62 Å². The van der Waals surface area contributed by atoms with Crippen molar-refractivity contribution in [1.82, 2.24) is 0 Å². The minimum Gasteiger partial charge on any atom is -0.781 e. The smallest absolute Gasteiger partial charge is 0.781 e. The van der Waals surface area contributed by atoms with Crippen LogP contribution in [0.15, 0.2) is 0 Å². The van der Waals surface area contributed by atoms with Gasteiger partial charge < -0.3 is 42.9 Å². The number of rotatable bonds is 4. The van der Waals surface area contributed by atoms with Gasteiger partial charge in [0.25, 0.3) is 0 Å². The van der Waals surface area contributed by atoms with Crippen LogP contribution in [-0.4, -0.2) is 11.7 Å². The molecule has 4 unspecified atom stereocenters. The molecule has 0 aromatic heterocycles. The summed E-state index contributed by atoms with van der Waals surface area (Å²) in [4.78, 5) is 37.1. The zero-order valence-electron chi connectivity index (χ0n) is 8.74. The molecular weight excluding hydrogens is 372 g/mol. The van der Waals surface area contributed by atoms with Crippen molar-refractivity contribution in [2.75, 3.05) is 6.61 Å². The summed E-state index contributed by atoms with van der Waals surface area (Å²) in [6.45, 7) is 1.93. The molecule has 18 heavy (non-hydrogen) atoms. The molecule has 0 aromatic rings. The molecule has 0 heterocycles. The molecule has 0 aromatic carbocycles. The Morgan fingerprint density at radius 3 is 0.944 bits per heavy atom. The van der Waals surface area contributed by atoms with Crippen LogP contribution in [0.2, 0.25) is 0 Å². The van der Waals surface area contributed by atoms with Crippen molar-refractivity contribution in [2.24, 2.45) is 0 Å². The minimum atomic E-state index is -3.51. The van der Waals surface area contributed by atoms with Crippen molar-refractivity contribution < 1.29 is 73.3 Å². The molecule has 0 rings (SSSR count). The maximum Gasteiger partial charge on any atom is 4.00 e. The van der Waals surface area contributed by atoms with E-state index >= 15 is 0 Å². The molecule has 0 bridgehead atoms. The van der Waals surface area contributed by atoms with Crippen molar-refractivity contribution in [2.45, 2.75) is 6.92 Å². The Morgan fingerprint density at radius 1 is 0.833 bits per heavy atom. The Balaban J connectivity index is -0.0000000857. The molecule has 1 N–H and O–H groups in total. The summed E-state index contributed by atoms with van der Waals surface area (Å²) >= 11 is 0. The van der Waals surface area contributed by atoms with E-state index in [4.69, 9.17) is 5.11 Å². The molecule has 0 aliphatic heterocycles. The van der Waals surface area contributed by atoms with Gasteiger partial charge in [-0.25, -0.2) is 0 Å². The van der Waals surface area contributed by atoms with Gasteiger partial charge >= 0.3 is 21.7 Å². The summed E-state index contributed by atoms with van der Waals surface area (Å²) in [5.74, 6) is 0. The fourth-order valence-corrected chi connectivity index (χ4v) is 1.22. The third-order valence-corrected chi connectivity index (χ3v) is 3.00. The van der Waals surface area contributed by atoms with E-state index in [1.54, 1.807) is 6.92 Å². The average molecular weight is 382 g/mol. The van der Waals surface area contributed by atoms with Crippen LogP contribution in [0.5, 0.6) is 0 Å². The number of hydrogen-bond donors (Lipinski definition) is 1. The summed E-state index contributed by atoms with van der Waals surface area (Å²) in [6, 6.07) is 0. The Kier molecular flexibility index (Phi) is 31.8. The van der Waals surface area contributed by atoms with E-state index < -0.39 is 33.0 Å². The van der Waals surface area contributed by atoms with Gasteiger partial charge in [0.2, 0.25) is 0 Å². The summed E-state index contributed by atoms with van der Waals surface area (Å²) in [6.07, 6.45) is 0. The molecule has 0 radical (unpaired) electrons. The second-order valence-corrected chi connectivity index (χ2v) is 5.15. The SMILES string of the molecule is CCO.O=[PH]([O-])O[PH](=O)[O-].O=[PH]([O-])O[PH](=O)[O-].[Ti+4]. The molecule has 108 valence electrons. The topological polar surface area (TPSA) is 199 Å². The standard InChI is InChI=1S/C2H6O.2H4O5P2.Ti/c1-2-3;2*1-6(2)5-7(3)4;/h3H,2H2,1H3;2*6-7H,(H,1,2)(H,3,4);/q;;;+4/p-4. The van der Waals surface area contributed by atoms with Gasteiger partial charge in [0, 0.05) is 6.61 Å². The van der Waals surface area contributed by atoms with Gasteiger partial charge in [-0.15, -0.1) is 0 Å². The van der Waals surface area contributed by atoms with E-state index in [0.29, 0.717) is 0 Å². The molecule has 0 amide bonds. The molecule has 0 saturated heterocycles. The van der Waals surface area contributed by atoms with E-state index in [9.17, 15) is 37.8 Å². The van der Waals surface area contributed by atoms with E-state index in [1.807, 2.05) is 0 Å². The molecule has 0 fully saturated rings. The molecule has 0 aliphatic carbocycles. The maximum absolute atomic E-state index is 9.29. The molecule has 0 spiro atoms. The van der Waals surface area contributed by atoms with Crippen LogP contribution in [0.3, 0.4) is 0 Å². The normalized spacial score (nSPS) is 15.4. The van der Waals surface area contributed by atoms with E-state index in [1.165, 1.54) is 0 Å². The van der Waals surface area contributed by atoms with Crippen LogP contribution < -0.4 is 19.6 Å². The average Bonchev–Trinajstić information content (AvgIpc) is 1.99. The van der Waals surface area contributed by atoms with Crippen LogP contribution in [0.1, 0.15) is 6.92 Å². The summed E-state index contributed by atoms with van der Waals surface area (Å²) < 4.78 is 43.6. The van der Waals surface area contributed by atoms with Crippen molar-refractivity contribution in [3.63, 3.8) is 0 Å². The van der Waals surface area contributed by atoms with E-state index in [0.717, 1.165) is 0 Å². The minimum absolute atomic E-state index is 0. The molecular formula is C2H10O11P4Ti. The van der Waals surface area contributed by atoms with Gasteiger partial charge in [-0.05, 0) is 6.92 Å². The van der Waals surface area contributed by atoms with Crippen LogP contribution in [-0.2, 0) is 48.6 Å². The monoisotopic (exact) mass is 382 g/mol. The van der Waals surface area contributed by atoms with Crippen LogP contribution in [0, 0.1) is 0 Å². The predicted molar refractivity (Wildman–Crippen MR) is 50.9 cm³/mol.